The zero-order valence-electron chi connectivity index (χ0n) is 9.91. The summed E-state index contributed by atoms with van der Waals surface area (Å²) in [5, 5.41) is 0. The van der Waals surface area contributed by atoms with Crippen molar-refractivity contribution in [3.8, 4) is 0 Å². The first kappa shape index (κ1) is 10.9. The number of aryl methyl sites for hydroxylation is 1. The van der Waals surface area contributed by atoms with E-state index in [1.807, 2.05) is 0 Å². The standard InChI is InChI=1S/C14H16O2/c1-4-11-8-12-6-5-9(2)7-13(12)14(11)16-10(3)15/h5-8,14H,4H2,1-3H3. The summed E-state index contributed by atoms with van der Waals surface area (Å²) in [5.41, 5.74) is 4.67. The second kappa shape index (κ2) is 4.12. The molecule has 16 heavy (non-hydrogen) atoms. The van der Waals surface area contributed by atoms with E-state index in [0.717, 1.165) is 12.0 Å². The van der Waals surface area contributed by atoms with E-state index in [1.165, 1.54) is 23.6 Å². The van der Waals surface area contributed by atoms with E-state index in [9.17, 15) is 4.79 Å². The molecule has 0 heterocycles. The van der Waals surface area contributed by atoms with Crippen molar-refractivity contribution in [3.05, 3.63) is 40.5 Å². The number of carbonyl (C=O) groups is 1. The molecule has 0 radical (unpaired) electrons. The van der Waals surface area contributed by atoms with Gasteiger partial charge in [0.15, 0.2) is 0 Å². The monoisotopic (exact) mass is 216 g/mol. The lowest BCUT2D eigenvalue weighted by atomic mass is 10.0. The molecule has 0 bridgehead atoms. The van der Waals surface area contributed by atoms with Crippen LogP contribution >= 0.6 is 0 Å². The van der Waals surface area contributed by atoms with Crippen LogP contribution in [0.3, 0.4) is 0 Å². The Morgan fingerprint density at radius 1 is 1.44 bits per heavy atom. The van der Waals surface area contributed by atoms with Gasteiger partial charge in [0, 0.05) is 12.5 Å². The van der Waals surface area contributed by atoms with Crippen LogP contribution in [-0.2, 0) is 9.53 Å². The van der Waals surface area contributed by atoms with Crippen molar-refractivity contribution in [3.63, 3.8) is 0 Å². The molecule has 0 saturated carbocycles. The van der Waals surface area contributed by atoms with Crippen LogP contribution in [0.5, 0.6) is 0 Å². The maximum Gasteiger partial charge on any atom is 0.303 e. The second-order valence-electron chi connectivity index (χ2n) is 4.19. The molecule has 0 N–H and O–H groups in total. The highest BCUT2D eigenvalue weighted by molar-refractivity contribution is 5.71. The van der Waals surface area contributed by atoms with E-state index < -0.39 is 0 Å². The van der Waals surface area contributed by atoms with Crippen LogP contribution < -0.4 is 0 Å². The molecule has 2 rings (SSSR count). The number of hydrogen-bond donors (Lipinski definition) is 0. The predicted octanol–water partition coefficient (Wildman–Crippen LogP) is 3.41. The summed E-state index contributed by atoms with van der Waals surface area (Å²) in [4.78, 5) is 11.1. The van der Waals surface area contributed by atoms with Crippen LogP contribution in [-0.4, -0.2) is 5.97 Å². The molecule has 0 aliphatic heterocycles. The average Bonchev–Trinajstić information content (AvgIpc) is 2.56. The normalized spacial score (nSPS) is 17.9. The van der Waals surface area contributed by atoms with Gasteiger partial charge < -0.3 is 4.74 Å². The Labute approximate surface area is 95.9 Å². The highest BCUT2D eigenvalue weighted by atomic mass is 16.5. The summed E-state index contributed by atoms with van der Waals surface area (Å²) < 4.78 is 5.39. The van der Waals surface area contributed by atoms with Gasteiger partial charge in [0.2, 0.25) is 0 Å². The third-order valence-corrected chi connectivity index (χ3v) is 2.89. The summed E-state index contributed by atoms with van der Waals surface area (Å²) in [6.07, 6.45) is 2.87. The second-order valence-corrected chi connectivity index (χ2v) is 4.19. The fourth-order valence-electron chi connectivity index (χ4n) is 2.12. The molecule has 1 aliphatic rings. The minimum atomic E-state index is -0.223. The third-order valence-electron chi connectivity index (χ3n) is 2.89. The molecule has 0 fully saturated rings. The number of esters is 1. The highest BCUT2D eigenvalue weighted by Gasteiger charge is 2.26. The highest BCUT2D eigenvalue weighted by Crippen LogP contribution is 2.39. The lowest BCUT2D eigenvalue weighted by molar-refractivity contribution is -0.144. The molecule has 1 aromatic carbocycles. The molecule has 84 valence electrons. The van der Waals surface area contributed by atoms with Crippen LogP contribution in [0.25, 0.3) is 6.08 Å². The Balaban J connectivity index is 2.41. The average molecular weight is 216 g/mol. The smallest absolute Gasteiger partial charge is 0.303 e. The number of carbonyl (C=O) groups excluding carboxylic acids is 1. The van der Waals surface area contributed by atoms with E-state index in [2.05, 4.69) is 38.1 Å². The topological polar surface area (TPSA) is 26.3 Å². The molecule has 0 spiro atoms. The number of ether oxygens (including phenoxy) is 1. The van der Waals surface area contributed by atoms with Crippen molar-refractivity contribution in [1.82, 2.24) is 0 Å². The van der Waals surface area contributed by atoms with Crippen molar-refractivity contribution in [2.24, 2.45) is 0 Å². The number of rotatable bonds is 2. The van der Waals surface area contributed by atoms with Crippen LogP contribution in [0.1, 0.15) is 43.1 Å². The van der Waals surface area contributed by atoms with E-state index in [1.54, 1.807) is 0 Å². The van der Waals surface area contributed by atoms with E-state index in [0.29, 0.717) is 0 Å². The van der Waals surface area contributed by atoms with Gasteiger partial charge in [0.25, 0.3) is 0 Å². The Hall–Kier alpha value is -1.57. The van der Waals surface area contributed by atoms with E-state index >= 15 is 0 Å². The number of benzene rings is 1. The summed E-state index contributed by atoms with van der Waals surface area (Å²) in [6.45, 7) is 5.59. The van der Waals surface area contributed by atoms with Gasteiger partial charge >= 0.3 is 5.97 Å². The van der Waals surface area contributed by atoms with Gasteiger partial charge in [0.05, 0.1) is 0 Å². The summed E-state index contributed by atoms with van der Waals surface area (Å²) >= 11 is 0. The molecule has 1 aliphatic carbocycles. The number of fused-ring (bicyclic) bond motifs is 1. The van der Waals surface area contributed by atoms with Crippen molar-refractivity contribution in [1.29, 1.82) is 0 Å². The lowest BCUT2D eigenvalue weighted by Crippen LogP contribution is -2.08. The minimum absolute atomic E-state index is 0.169. The maximum atomic E-state index is 11.1. The molecule has 2 nitrogen and oxygen atoms in total. The van der Waals surface area contributed by atoms with Gasteiger partial charge in [-0.15, -0.1) is 0 Å². The fourth-order valence-corrected chi connectivity index (χ4v) is 2.12. The van der Waals surface area contributed by atoms with Gasteiger partial charge in [-0.3, -0.25) is 4.79 Å². The first-order valence-corrected chi connectivity index (χ1v) is 5.60. The molecule has 1 aromatic rings. The SMILES string of the molecule is CCC1=Cc2ccc(C)cc2C1OC(C)=O. The molecular formula is C14H16O2. The Morgan fingerprint density at radius 2 is 2.19 bits per heavy atom. The zero-order valence-corrected chi connectivity index (χ0v) is 9.91. The minimum Gasteiger partial charge on any atom is -0.453 e. The van der Waals surface area contributed by atoms with Crippen molar-refractivity contribution in [2.45, 2.75) is 33.3 Å². The van der Waals surface area contributed by atoms with Crippen LogP contribution in [0, 0.1) is 6.92 Å². The third kappa shape index (κ3) is 1.87. The Bertz CT molecular complexity index is 458. The Kier molecular flexibility index (Phi) is 2.82. The largest absolute Gasteiger partial charge is 0.453 e. The molecular weight excluding hydrogens is 200 g/mol. The molecule has 2 heteroatoms. The van der Waals surface area contributed by atoms with Gasteiger partial charge in [-0.25, -0.2) is 0 Å². The van der Waals surface area contributed by atoms with Gasteiger partial charge in [-0.2, -0.15) is 0 Å². The number of hydrogen-bond acceptors (Lipinski definition) is 2. The fraction of sp³-hybridized carbons (Fsp3) is 0.357. The van der Waals surface area contributed by atoms with Crippen LogP contribution in [0.2, 0.25) is 0 Å². The first-order chi connectivity index (χ1) is 7.61. The summed E-state index contributed by atoms with van der Waals surface area (Å²) in [5.74, 6) is -0.223. The Morgan fingerprint density at radius 3 is 2.81 bits per heavy atom. The predicted molar refractivity (Wildman–Crippen MR) is 64.0 cm³/mol. The molecule has 0 saturated heterocycles. The molecule has 0 amide bonds. The molecule has 1 atom stereocenters. The molecule has 1 unspecified atom stereocenters. The van der Waals surface area contributed by atoms with Crippen LogP contribution in [0.15, 0.2) is 23.8 Å². The first-order valence-electron chi connectivity index (χ1n) is 5.60. The lowest BCUT2D eigenvalue weighted by Gasteiger charge is -2.16. The quantitative estimate of drug-likeness (QED) is 0.708. The molecule has 0 aromatic heterocycles. The van der Waals surface area contributed by atoms with Gasteiger partial charge in [-0.1, -0.05) is 36.8 Å². The summed E-state index contributed by atoms with van der Waals surface area (Å²) in [6, 6.07) is 6.27. The van der Waals surface area contributed by atoms with Crippen molar-refractivity contribution < 1.29 is 9.53 Å². The van der Waals surface area contributed by atoms with E-state index in [4.69, 9.17) is 4.74 Å². The van der Waals surface area contributed by atoms with Crippen molar-refractivity contribution in [2.75, 3.05) is 0 Å². The van der Waals surface area contributed by atoms with Crippen molar-refractivity contribution >= 4 is 12.0 Å². The van der Waals surface area contributed by atoms with Gasteiger partial charge in [0.1, 0.15) is 6.10 Å². The van der Waals surface area contributed by atoms with Gasteiger partial charge in [-0.05, 0) is 24.5 Å². The zero-order chi connectivity index (χ0) is 11.7. The van der Waals surface area contributed by atoms with E-state index in [-0.39, 0.29) is 12.1 Å². The maximum absolute atomic E-state index is 11.1. The van der Waals surface area contributed by atoms with Crippen LogP contribution in [0.4, 0.5) is 0 Å². The summed E-state index contributed by atoms with van der Waals surface area (Å²) in [7, 11) is 0.